The lowest BCUT2D eigenvalue weighted by molar-refractivity contribution is -0.167. The first-order chi connectivity index (χ1) is 27.0. The Morgan fingerprint density at radius 2 is 0.709 bits per heavy atom. The van der Waals surface area contributed by atoms with Crippen molar-refractivity contribution >= 4 is 17.9 Å². The maximum absolute atomic E-state index is 12.7. The highest BCUT2D eigenvalue weighted by atomic mass is 16.6. The summed E-state index contributed by atoms with van der Waals surface area (Å²) in [5.41, 5.74) is 0. The van der Waals surface area contributed by atoms with Gasteiger partial charge in [0, 0.05) is 19.3 Å². The molecule has 0 amide bonds. The summed E-state index contributed by atoms with van der Waals surface area (Å²) in [6.07, 6.45) is 52.2. The maximum Gasteiger partial charge on any atom is 0.306 e. The van der Waals surface area contributed by atoms with Gasteiger partial charge in [-0.1, -0.05) is 191 Å². The van der Waals surface area contributed by atoms with E-state index in [4.69, 9.17) is 14.2 Å². The highest BCUT2D eigenvalue weighted by Crippen LogP contribution is 2.14. The SMILES string of the molecule is CC/C=C\C/C=C\C/C=C\C/C=C\C/C=C\CCCCCC(=O)OCC(COC(=O)CCCCCCCC)OC(=O)CCCCCCCCCCCCCC. The number of unbranched alkanes of at least 4 members (excludes halogenated alkanes) is 19. The van der Waals surface area contributed by atoms with Gasteiger partial charge in [0.2, 0.25) is 0 Å². The van der Waals surface area contributed by atoms with Crippen LogP contribution in [0.2, 0.25) is 0 Å². The zero-order chi connectivity index (χ0) is 40.1. The quantitative estimate of drug-likeness (QED) is 0.0267. The van der Waals surface area contributed by atoms with Crippen LogP contribution in [0, 0.1) is 0 Å². The van der Waals surface area contributed by atoms with Crippen LogP contribution < -0.4 is 0 Å². The molecule has 0 heterocycles. The smallest absolute Gasteiger partial charge is 0.306 e. The Hall–Kier alpha value is -2.89. The molecular weight excluding hydrogens is 685 g/mol. The topological polar surface area (TPSA) is 78.9 Å². The van der Waals surface area contributed by atoms with Gasteiger partial charge in [0.1, 0.15) is 13.2 Å². The molecule has 0 aliphatic carbocycles. The van der Waals surface area contributed by atoms with E-state index in [1.54, 1.807) is 0 Å². The van der Waals surface area contributed by atoms with Crippen LogP contribution in [-0.4, -0.2) is 37.2 Å². The van der Waals surface area contributed by atoms with E-state index in [0.717, 1.165) is 96.3 Å². The molecule has 0 saturated carbocycles. The predicted molar refractivity (Wildman–Crippen MR) is 233 cm³/mol. The number of carbonyl (C=O) groups is 3. The van der Waals surface area contributed by atoms with E-state index in [0.29, 0.717) is 19.3 Å². The summed E-state index contributed by atoms with van der Waals surface area (Å²) in [5, 5.41) is 0. The number of rotatable bonds is 40. The fourth-order valence-electron chi connectivity index (χ4n) is 6.11. The van der Waals surface area contributed by atoms with Gasteiger partial charge in [-0.25, -0.2) is 0 Å². The van der Waals surface area contributed by atoms with Crippen LogP contribution in [0.4, 0.5) is 0 Å². The first-order valence-electron chi connectivity index (χ1n) is 22.8. The second-order valence-electron chi connectivity index (χ2n) is 14.9. The third-order valence-electron chi connectivity index (χ3n) is 9.54. The van der Waals surface area contributed by atoms with Crippen molar-refractivity contribution < 1.29 is 28.6 Å². The first-order valence-corrected chi connectivity index (χ1v) is 22.8. The number of hydrogen-bond acceptors (Lipinski definition) is 6. The van der Waals surface area contributed by atoms with Crippen LogP contribution in [-0.2, 0) is 28.6 Å². The molecule has 1 atom stereocenters. The molecule has 316 valence electrons. The number of allylic oxidation sites excluding steroid dienone is 10. The van der Waals surface area contributed by atoms with Gasteiger partial charge in [-0.2, -0.15) is 0 Å². The first kappa shape index (κ1) is 52.1. The lowest BCUT2D eigenvalue weighted by atomic mass is 10.0. The maximum atomic E-state index is 12.7. The molecule has 0 N–H and O–H groups in total. The zero-order valence-corrected chi connectivity index (χ0v) is 35.9. The van der Waals surface area contributed by atoms with Gasteiger partial charge < -0.3 is 14.2 Å². The van der Waals surface area contributed by atoms with Crippen LogP contribution in [0.15, 0.2) is 60.8 Å². The van der Waals surface area contributed by atoms with Crippen LogP contribution >= 0.6 is 0 Å². The molecule has 0 rings (SSSR count). The van der Waals surface area contributed by atoms with Gasteiger partial charge in [-0.15, -0.1) is 0 Å². The molecule has 0 aromatic heterocycles. The molecule has 1 unspecified atom stereocenters. The summed E-state index contributed by atoms with van der Waals surface area (Å²) < 4.78 is 16.6. The summed E-state index contributed by atoms with van der Waals surface area (Å²) in [6, 6.07) is 0. The van der Waals surface area contributed by atoms with E-state index >= 15 is 0 Å². The van der Waals surface area contributed by atoms with E-state index in [9.17, 15) is 14.4 Å². The van der Waals surface area contributed by atoms with Crippen molar-refractivity contribution in [3.8, 4) is 0 Å². The second-order valence-corrected chi connectivity index (χ2v) is 14.9. The van der Waals surface area contributed by atoms with E-state index in [1.165, 1.54) is 77.0 Å². The molecule has 0 fully saturated rings. The normalized spacial score (nSPS) is 12.6. The Morgan fingerprint density at radius 3 is 1.11 bits per heavy atom. The molecule has 0 bridgehead atoms. The highest BCUT2D eigenvalue weighted by Gasteiger charge is 2.19. The highest BCUT2D eigenvalue weighted by molar-refractivity contribution is 5.71. The molecule has 0 aromatic carbocycles. The molecular formula is C49H84O6. The number of carbonyl (C=O) groups excluding carboxylic acids is 3. The Balaban J connectivity index is 4.31. The van der Waals surface area contributed by atoms with Crippen molar-refractivity contribution in [2.24, 2.45) is 0 Å². The number of hydrogen-bond donors (Lipinski definition) is 0. The summed E-state index contributed by atoms with van der Waals surface area (Å²) in [4.78, 5) is 37.5. The summed E-state index contributed by atoms with van der Waals surface area (Å²) in [7, 11) is 0. The Bertz CT molecular complexity index is 1020. The molecule has 0 spiro atoms. The van der Waals surface area contributed by atoms with Gasteiger partial charge in [-0.05, 0) is 64.2 Å². The molecule has 6 heteroatoms. The molecule has 0 saturated heterocycles. The van der Waals surface area contributed by atoms with Crippen molar-refractivity contribution in [3.05, 3.63) is 60.8 Å². The molecule has 6 nitrogen and oxygen atoms in total. The lowest BCUT2D eigenvalue weighted by Gasteiger charge is -2.18. The summed E-state index contributed by atoms with van der Waals surface area (Å²) in [5.74, 6) is -0.929. The Labute approximate surface area is 339 Å². The minimum Gasteiger partial charge on any atom is -0.462 e. The monoisotopic (exact) mass is 769 g/mol. The van der Waals surface area contributed by atoms with Crippen LogP contribution in [0.1, 0.15) is 213 Å². The van der Waals surface area contributed by atoms with E-state index < -0.39 is 6.10 Å². The Kier molecular flexibility index (Phi) is 41.5. The van der Waals surface area contributed by atoms with E-state index in [2.05, 4.69) is 81.5 Å². The molecule has 0 aromatic rings. The van der Waals surface area contributed by atoms with Gasteiger partial charge in [0.15, 0.2) is 6.10 Å². The summed E-state index contributed by atoms with van der Waals surface area (Å²) in [6.45, 7) is 6.42. The Morgan fingerprint density at radius 1 is 0.382 bits per heavy atom. The minimum atomic E-state index is -0.780. The van der Waals surface area contributed by atoms with Crippen molar-refractivity contribution in [2.45, 2.75) is 219 Å². The lowest BCUT2D eigenvalue weighted by Crippen LogP contribution is -2.30. The van der Waals surface area contributed by atoms with Crippen molar-refractivity contribution in [1.29, 1.82) is 0 Å². The third kappa shape index (κ3) is 42.1. The fourth-order valence-corrected chi connectivity index (χ4v) is 6.11. The fraction of sp³-hybridized carbons (Fsp3) is 0.735. The molecule has 0 aliphatic heterocycles. The summed E-state index contributed by atoms with van der Waals surface area (Å²) >= 11 is 0. The van der Waals surface area contributed by atoms with Gasteiger partial charge in [-0.3, -0.25) is 14.4 Å². The molecule has 55 heavy (non-hydrogen) atoms. The molecule has 0 radical (unpaired) electrons. The number of esters is 3. The van der Waals surface area contributed by atoms with Crippen molar-refractivity contribution in [2.75, 3.05) is 13.2 Å². The largest absolute Gasteiger partial charge is 0.462 e. The second kappa shape index (κ2) is 43.8. The van der Waals surface area contributed by atoms with E-state index in [1.807, 2.05) is 0 Å². The van der Waals surface area contributed by atoms with Crippen molar-refractivity contribution in [1.82, 2.24) is 0 Å². The number of ether oxygens (including phenoxy) is 3. The standard InChI is InChI=1S/C49H84O6/c1-4-7-10-13-16-18-20-22-23-24-25-26-27-28-30-31-33-36-39-42-48(51)54-45-46(44-53-47(50)41-38-35-15-12-9-6-3)55-49(52)43-40-37-34-32-29-21-19-17-14-11-8-5-2/h7,10,16,18,22-23,25-26,28,30,46H,4-6,8-9,11-15,17,19-21,24,27,29,31-45H2,1-3H3/b10-7-,18-16-,23-22-,26-25-,30-28-. The average molecular weight is 769 g/mol. The van der Waals surface area contributed by atoms with Crippen LogP contribution in [0.5, 0.6) is 0 Å². The van der Waals surface area contributed by atoms with Gasteiger partial charge in [0.25, 0.3) is 0 Å². The van der Waals surface area contributed by atoms with E-state index in [-0.39, 0.29) is 31.1 Å². The molecule has 0 aliphatic rings. The van der Waals surface area contributed by atoms with Gasteiger partial charge in [0.05, 0.1) is 0 Å². The average Bonchev–Trinajstić information content (AvgIpc) is 3.18. The van der Waals surface area contributed by atoms with Crippen LogP contribution in [0.3, 0.4) is 0 Å². The minimum absolute atomic E-state index is 0.0839. The zero-order valence-electron chi connectivity index (χ0n) is 35.9. The van der Waals surface area contributed by atoms with Crippen molar-refractivity contribution in [3.63, 3.8) is 0 Å². The van der Waals surface area contributed by atoms with Gasteiger partial charge >= 0.3 is 17.9 Å². The third-order valence-corrected chi connectivity index (χ3v) is 9.54. The van der Waals surface area contributed by atoms with Crippen LogP contribution in [0.25, 0.3) is 0 Å². The predicted octanol–water partition coefficient (Wildman–Crippen LogP) is 14.5.